The largest absolute Gasteiger partial charge is 0.378 e. The van der Waals surface area contributed by atoms with Crippen molar-refractivity contribution in [1.29, 1.82) is 0 Å². The van der Waals surface area contributed by atoms with E-state index < -0.39 is 0 Å². The number of aryl methyl sites for hydroxylation is 2. The standard InChI is InChI=1S/C14H16IN3O/c1-8-13(14(19)18-10(3)16-8)9(2)17-12-6-4-5-11(15)7-12/h4-7,9,17H,1-3H3,(H,16,18,19). The number of aromatic amines is 1. The maximum atomic E-state index is 12.0. The summed E-state index contributed by atoms with van der Waals surface area (Å²) in [6, 6.07) is 7.96. The summed E-state index contributed by atoms with van der Waals surface area (Å²) in [6.45, 7) is 5.62. The first-order chi connectivity index (χ1) is 8.97. The lowest BCUT2D eigenvalue weighted by atomic mass is 10.1. The van der Waals surface area contributed by atoms with Crippen LogP contribution in [0.1, 0.15) is 30.0 Å². The number of rotatable bonds is 3. The summed E-state index contributed by atoms with van der Waals surface area (Å²) in [5.41, 5.74) is 2.38. The predicted octanol–water partition coefficient (Wildman–Crippen LogP) is 3.16. The number of anilines is 1. The number of H-pyrrole nitrogens is 1. The fraction of sp³-hybridized carbons (Fsp3) is 0.286. The molecule has 5 heteroatoms. The molecular weight excluding hydrogens is 353 g/mol. The van der Waals surface area contributed by atoms with Gasteiger partial charge in [-0.25, -0.2) is 4.98 Å². The van der Waals surface area contributed by atoms with Gasteiger partial charge in [-0.3, -0.25) is 4.79 Å². The zero-order chi connectivity index (χ0) is 14.0. The van der Waals surface area contributed by atoms with E-state index in [9.17, 15) is 4.79 Å². The van der Waals surface area contributed by atoms with Gasteiger partial charge in [-0.05, 0) is 61.6 Å². The number of hydrogen-bond donors (Lipinski definition) is 2. The van der Waals surface area contributed by atoms with Gasteiger partial charge in [0.2, 0.25) is 0 Å². The highest BCUT2D eigenvalue weighted by atomic mass is 127. The first-order valence-corrected chi connectivity index (χ1v) is 7.15. The van der Waals surface area contributed by atoms with Crippen molar-refractivity contribution in [3.63, 3.8) is 0 Å². The number of nitrogens with zero attached hydrogens (tertiary/aromatic N) is 1. The fourth-order valence-electron chi connectivity index (χ4n) is 2.15. The lowest BCUT2D eigenvalue weighted by Crippen LogP contribution is -2.23. The second kappa shape index (κ2) is 5.73. The Morgan fingerprint density at radius 1 is 1.37 bits per heavy atom. The Balaban J connectivity index is 2.30. The van der Waals surface area contributed by atoms with E-state index in [1.165, 1.54) is 0 Å². The van der Waals surface area contributed by atoms with Crippen molar-refractivity contribution in [3.8, 4) is 0 Å². The number of benzene rings is 1. The van der Waals surface area contributed by atoms with Crippen LogP contribution in [-0.2, 0) is 0 Å². The number of aromatic nitrogens is 2. The van der Waals surface area contributed by atoms with Crippen LogP contribution in [-0.4, -0.2) is 9.97 Å². The molecule has 1 heterocycles. The van der Waals surface area contributed by atoms with Crippen molar-refractivity contribution in [2.45, 2.75) is 26.8 Å². The molecule has 0 radical (unpaired) electrons. The van der Waals surface area contributed by atoms with Gasteiger partial charge in [0.25, 0.3) is 5.56 Å². The highest BCUT2D eigenvalue weighted by Gasteiger charge is 2.14. The third-order valence-corrected chi connectivity index (χ3v) is 3.58. The Labute approximate surface area is 125 Å². The Morgan fingerprint density at radius 2 is 2.11 bits per heavy atom. The summed E-state index contributed by atoms with van der Waals surface area (Å²) in [5.74, 6) is 0.646. The molecule has 0 spiro atoms. The van der Waals surface area contributed by atoms with Crippen LogP contribution >= 0.6 is 22.6 Å². The number of hydrogen-bond acceptors (Lipinski definition) is 3. The Morgan fingerprint density at radius 3 is 2.74 bits per heavy atom. The van der Waals surface area contributed by atoms with E-state index in [0.717, 1.165) is 15.0 Å². The van der Waals surface area contributed by atoms with Gasteiger partial charge < -0.3 is 10.3 Å². The average molecular weight is 369 g/mol. The molecule has 1 unspecified atom stereocenters. The quantitative estimate of drug-likeness (QED) is 0.818. The van der Waals surface area contributed by atoms with Crippen LogP contribution in [0.25, 0.3) is 0 Å². The van der Waals surface area contributed by atoms with Crippen LogP contribution in [0.15, 0.2) is 29.1 Å². The van der Waals surface area contributed by atoms with Gasteiger partial charge in [-0.1, -0.05) is 6.07 Å². The Kier molecular flexibility index (Phi) is 4.24. The van der Waals surface area contributed by atoms with E-state index in [4.69, 9.17) is 0 Å². The molecule has 0 amide bonds. The molecule has 2 rings (SSSR count). The zero-order valence-corrected chi connectivity index (χ0v) is 13.3. The van der Waals surface area contributed by atoms with Crippen LogP contribution in [0.4, 0.5) is 5.69 Å². The monoisotopic (exact) mass is 369 g/mol. The van der Waals surface area contributed by atoms with E-state index >= 15 is 0 Å². The van der Waals surface area contributed by atoms with Crippen LogP contribution in [0.3, 0.4) is 0 Å². The summed E-state index contributed by atoms with van der Waals surface area (Å²) >= 11 is 2.26. The molecule has 0 aliphatic carbocycles. The van der Waals surface area contributed by atoms with E-state index in [2.05, 4.69) is 37.9 Å². The number of halogens is 1. The molecule has 1 aromatic heterocycles. The van der Waals surface area contributed by atoms with Crippen LogP contribution in [0.2, 0.25) is 0 Å². The second-order valence-electron chi connectivity index (χ2n) is 4.53. The summed E-state index contributed by atoms with van der Waals surface area (Å²) in [4.78, 5) is 19.1. The van der Waals surface area contributed by atoms with Gasteiger partial charge in [0.05, 0.1) is 17.3 Å². The topological polar surface area (TPSA) is 57.8 Å². The summed E-state index contributed by atoms with van der Waals surface area (Å²) < 4.78 is 1.16. The van der Waals surface area contributed by atoms with Crippen molar-refractivity contribution in [1.82, 2.24) is 9.97 Å². The molecule has 4 nitrogen and oxygen atoms in total. The summed E-state index contributed by atoms with van der Waals surface area (Å²) in [6.07, 6.45) is 0. The molecule has 2 N–H and O–H groups in total. The van der Waals surface area contributed by atoms with E-state index in [-0.39, 0.29) is 11.6 Å². The van der Waals surface area contributed by atoms with Gasteiger partial charge in [-0.2, -0.15) is 0 Å². The fourth-order valence-corrected chi connectivity index (χ4v) is 2.69. The lowest BCUT2D eigenvalue weighted by Gasteiger charge is -2.16. The predicted molar refractivity (Wildman–Crippen MR) is 85.5 cm³/mol. The molecule has 100 valence electrons. The molecule has 1 aromatic carbocycles. The van der Waals surface area contributed by atoms with Crippen LogP contribution in [0, 0.1) is 17.4 Å². The van der Waals surface area contributed by atoms with Gasteiger partial charge >= 0.3 is 0 Å². The third kappa shape index (κ3) is 3.34. The molecule has 0 saturated carbocycles. The molecule has 0 aliphatic rings. The van der Waals surface area contributed by atoms with Gasteiger partial charge in [0.15, 0.2) is 0 Å². The minimum atomic E-state index is -0.0879. The first kappa shape index (κ1) is 14.0. The molecule has 0 bridgehead atoms. The minimum absolute atomic E-state index is 0.0735. The smallest absolute Gasteiger partial charge is 0.256 e. The molecule has 19 heavy (non-hydrogen) atoms. The average Bonchev–Trinajstić information content (AvgIpc) is 2.27. The van der Waals surface area contributed by atoms with Crippen molar-refractivity contribution < 1.29 is 0 Å². The highest BCUT2D eigenvalue weighted by Crippen LogP contribution is 2.20. The SMILES string of the molecule is Cc1nc(C)c(C(C)Nc2cccc(I)c2)c(=O)[nH]1. The normalized spacial score (nSPS) is 12.2. The van der Waals surface area contributed by atoms with E-state index in [0.29, 0.717) is 11.4 Å². The lowest BCUT2D eigenvalue weighted by molar-refractivity contribution is 0.814. The maximum absolute atomic E-state index is 12.0. The van der Waals surface area contributed by atoms with E-state index in [1.54, 1.807) is 6.92 Å². The zero-order valence-electron chi connectivity index (χ0n) is 11.1. The molecule has 1 atom stereocenters. The van der Waals surface area contributed by atoms with Gasteiger partial charge in [-0.15, -0.1) is 0 Å². The number of nitrogens with one attached hydrogen (secondary N) is 2. The first-order valence-electron chi connectivity index (χ1n) is 6.07. The summed E-state index contributed by atoms with van der Waals surface area (Å²) in [5, 5.41) is 3.34. The van der Waals surface area contributed by atoms with Crippen LogP contribution in [0.5, 0.6) is 0 Å². The van der Waals surface area contributed by atoms with Gasteiger partial charge in [0.1, 0.15) is 5.82 Å². The second-order valence-corrected chi connectivity index (χ2v) is 5.77. The van der Waals surface area contributed by atoms with E-state index in [1.807, 2.05) is 38.1 Å². The van der Waals surface area contributed by atoms with Crippen LogP contribution < -0.4 is 10.9 Å². The Hall–Kier alpha value is -1.37. The van der Waals surface area contributed by atoms with Crippen molar-refractivity contribution in [2.24, 2.45) is 0 Å². The summed E-state index contributed by atoms with van der Waals surface area (Å²) in [7, 11) is 0. The maximum Gasteiger partial charge on any atom is 0.256 e. The molecule has 0 fully saturated rings. The third-order valence-electron chi connectivity index (χ3n) is 2.91. The van der Waals surface area contributed by atoms with Crippen molar-refractivity contribution in [3.05, 3.63) is 55.3 Å². The molecular formula is C14H16IN3O. The molecule has 0 aliphatic heterocycles. The Bertz CT molecular complexity index is 651. The highest BCUT2D eigenvalue weighted by molar-refractivity contribution is 14.1. The molecule has 2 aromatic rings. The van der Waals surface area contributed by atoms with Gasteiger partial charge in [0, 0.05) is 9.26 Å². The van der Waals surface area contributed by atoms with Crippen molar-refractivity contribution in [2.75, 3.05) is 5.32 Å². The minimum Gasteiger partial charge on any atom is -0.378 e. The van der Waals surface area contributed by atoms with Crippen molar-refractivity contribution >= 4 is 28.3 Å². The molecule has 0 saturated heterocycles.